The van der Waals surface area contributed by atoms with Gasteiger partial charge in [-0.2, -0.15) is 9.78 Å². The van der Waals surface area contributed by atoms with Gasteiger partial charge in [0, 0.05) is 70.3 Å². The number of benzene rings is 3. The van der Waals surface area contributed by atoms with E-state index in [1.54, 1.807) is 66.7 Å². The number of H-pyrrole nitrogens is 1. The summed E-state index contributed by atoms with van der Waals surface area (Å²) in [7, 11) is 0. The Balaban J connectivity index is 1.12. The smallest absolute Gasteiger partial charge is 0.323 e. The van der Waals surface area contributed by atoms with Crippen molar-refractivity contribution in [3.05, 3.63) is 113 Å². The molecule has 0 spiro atoms. The van der Waals surface area contributed by atoms with E-state index in [1.807, 2.05) is 19.9 Å². The molecule has 14 nitrogen and oxygen atoms in total. The minimum Gasteiger partial charge on any atom is -0.358 e. The number of rotatable bonds is 12. The quantitative estimate of drug-likeness (QED) is 0.0849. The van der Waals surface area contributed by atoms with E-state index in [1.165, 1.54) is 6.20 Å². The van der Waals surface area contributed by atoms with Gasteiger partial charge in [-0.3, -0.25) is 19.2 Å². The summed E-state index contributed by atoms with van der Waals surface area (Å²) in [5.41, 5.74) is 5.98. The summed E-state index contributed by atoms with van der Waals surface area (Å²) in [6, 6.07) is 18.6. The zero-order valence-corrected chi connectivity index (χ0v) is 30.4. The van der Waals surface area contributed by atoms with Crippen molar-refractivity contribution in [1.82, 2.24) is 25.0 Å². The summed E-state index contributed by atoms with van der Waals surface area (Å²) in [5, 5.41) is 18.9. The molecule has 0 aliphatic carbocycles. The van der Waals surface area contributed by atoms with Crippen LogP contribution in [-0.4, -0.2) is 75.5 Å². The number of para-hydroxylation sites is 1. The van der Waals surface area contributed by atoms with Crippen molar-refractivity contribution in [2.24, 2.45) is 0 Å². The molecule has 0 radical (unpaired) electrons. The second-order valence-corrected chi connectivity index (χ2v) is 12.7. The molecule has 3 heterocycles. The van der Waals surface area contributed by atoms with Gasteiger partial charge in [0.15, 0.2) is 0 Å². The van der Waals surface area contributed by atoms with Crippen LogP contribution in [0.25, 0.3) is 22.6 Å². The number of hydrogen-bond acceptors (Lipinski definition) is 7. The second kappa shape index (κ2) is 16.3. The Kier molecular flexibility index (Phi) is 11.1. The van der Waals surface area contributed by atoms with Crippen LogP contribution in [0.2, 0.25) is 0 Å². The minimum absolute atomic E-state index is 0.183. The van der Waals surface area contributed by atoms with E-state index >= 15 is 0 Å². The topological polar surface area (TPSA) is 182 Å². The number of nitrogens with zero attached hydrogens (tertiary/aromatic N) is 3. The maximum Gasteiger partial charge on any atom is 0.323 e. The van der Waals surface area contributed by atoms with Gasteiger partial charge >= 0.3 is 6.03 Å². The number of urea groups is 1. The number of aryl methyl sites for hydroxylation is 1. The predicted molar refractivity (Wildman–Crippen MR) is 211 cm³/mol. The number of aromatic nitrogens is 3. The molecule has 1 aliphatic rings. The van der Waals surface area contributed by atoms with E-state index in [-0.39, 0.29) is 11.8 Å². The third kappa shape index (κ3) is 8.29. The lowest BCUT2D eigenvalue weighted by Gasteiger charge is -2.18. The van der Waals surface area contributed by atoms with Gasteiger partial charge in [-0.25, -0.2) is 4.79 Å². The molecule has 0 saturated carbocycles. The molecule has 0 bridgehead atoms. The molecule has 0 saturated heterocycles. The number of fused-ring (bicyclic) bond motifs is 2. The van der Waals surface area contributed by atoms with Gasteiger partial charge in [0.2, 0.25) is 5.91 Å². The zero-order valence-electron chi connectivity index (χ0n) is 30.4. The lowest BCUT2D eigenvalue weighted by molar-refractivity contribution is -0.112. The van der Waals surface area contributed by atoms with Gasteiger partial charge in [-0.15, -0.1) is 0 Å². The number of amides is 5. The number of nitrogens with one attached hydrogen (secondary N) is 6. The number of carbonyl (C=O) groups is 5. The first kappa shape index (κ1) is 37.0. The van der Waals surface area contributed by atoms with Gasteiger partial charge in [0.05, 0.1) is 22.9 Å². The lowest BCUT2D eigenvalue weighted by atomic mass is 10.0. The molecule has 1 aliphatic heterocycles. The van der Waals surface area contributed by atoms with Crippen molar-refractivity contribution in [2.75, 3.05) is 47.4 Å². The average molecular weight is 728 g/mol. The van der Waals surface area contributed by atoms with Crippen LogP contribution in [0.1, 0.15) is 51.5 Å². The predicted octanol–water partition coefficient (Wildman–Crippen LogP) is 6.02. The Morgan fingerprint density at radius 1 is 0.870 bits per heavy atom. The highest BCUT2D eigenvalue weighted by atomic mass is 16.2. The van der Waals surface area contributed by atoms with Crippen LogP contribution in [0.15, 0.2) is 85.1 Å². The third-order valence-electron chi connectivity index (χ3n) is 9.12. The Labute approximate surface area is 311 Å². The molecule has 14 heteroatoms. The minimum atomic E-state index is -0.575. The average Bonchev–Trinajstić information content (AvgIpc) is 3.81. The monoisotopic (exact) mass is 727 g/mol. The Morgan fingerprint density at radius 2 is 1.59 bits per heavy atom. The first-order chi connectivity index (χ1) is 26.0. The van der Waals surface area contributed by atoms with Gasteiger partial charge in [-0.05, 0) is 87.1 Å². The van der Waals surface area contributed by atoms with Gasteiger partial charge < -0.3 is 36.5 Å². The standard InChI is InChI=1S/C40H41N9O5/c1-5-48(6-2)19-18-41-39(53)37-24(3)33(43-25(37)4)22-31-30-20-28(14-15-32(30)47-38(31)52)44-35(50)16-17-36(51)49-34-21-29(13-12-26(34)23-42-49)46-40(54)45-27-10-8-7-9-11-27/h7-17,20-23,43H,5-6,18-19H2,1-4H3,(H,41,53)(H,44,50)(H,47,52)(H2,45,46,54)/b17-16-,31-22-. The molecule has 5 aromatic rings. The van der Waals surface area contributed by atoms with Gasteiger partial charge in [0.1, 0.15) is 0 Å². The zero-order chi connectivity index (χ0) is 38.4. The van der Waals surface area contributed by atoms with Crippen LogP contribution in [-0.2, 0) is 9.59 Å². The maximum atomic E-state index is 13.1. The Bertz CT molecular complexity index is 2320. The summed E-state index contributed by atoms with van der Waals surface area (Å²) in [4.78, 5) is 70.1. The van der Waals surface area contributed by atoms with Crippen LogP contribution < -0.4 is 26.6 Å². The molecular formula is C40H41N9O5. The van der Waals surface area contributed by atoms with E-state index in [2.05, 4.69) is 55.4 Å². The molecule has 54 heavy (non-hydrogen) atoms. The number of aromatic amines is 1. The largest absolute Gasteiger partial charge is 0.358 e. The van der Waals surface area contributed by atoms with Crippen LogP contribution in [0, 0.1) is 13.8 Å². The second-order valence-electron chi connectivity index (χ2n) is 12.7. The number of likely N-dealkylation sites (N-methyl/N-ethyl adjacent to an activating group) is 1. The molecule has 6 N–H and O–H groups in total. The van der Waals surface area contributed by atoms with E-state index in [0.717, 1.165) is 36.5 Å². The van der Waals surface area contributed by atoms with Gasteiger partial charge in [0.25, 0.3) is 17.7 Å². The molecular weight excluding hydrogens is 686 g/mol. The number of hydrogen-bond donors (Lipinski definition) is 6. The van der Waals surface area contributed by atoms with E-state index in [9.17, 15) is 24.0 Å². The molecule has 0 unspecified atom stereocenters. The van der Waals surface area contributed by atoms with E-state index in [4.69, 9.17) is 0 Å². The summed E-state index contributed by atoms with van der Waals surface area (Å²) >= 11 is 0. The molecule has 2 aromatic heterocycles. The van der Waals surface area contributed by atoms with Crippen molar-refractivity contribution < 1.29 is 24.0 Å². The molecule has 0 atom stereocenters. The SMILES string of the molecule is CCN(CC)CCNC(=O)c1c(C)[nH]c(/C=C2\C(=O)Nc3ccc(NC(=O)/C=C\C(=O)n4ncc5ccc(NC(=O)Nc6ccccc6)cc54)cc32)c1C. The van der Waals surface area contributed by atoms with E-state index < -0.39 is 17.8 Å². The Morgan fingerprint density at radius 3 is 2.35 bits per heavy atom. The highest BCUT2D eigenvalue weighted by Crippen LogP contribution is 2.36. The number of allylic oxidation sites excluding steroid dienone is 1. The summed E-state index contributed by atoms with van der Waals surface area (Å²) in [5.74, 6) is -1.65. The first-order valence-electron chi connectivity index (χ1n) is 17.6. The van der Waals surface area contributed by atoms with Crippen LogP contribution in [0.3, 0.4) is 0 Å². The Hall–Kier alpha value is -6.80. The third-order valence-corrected chi connectivity index (χ3v) is 9.12. The van der Waals surface area contributed by atoms with Crippen LogP contribution in [0.4, 0.5) is 27.5 Å². The lowest BCUT2D eigenvalue weighted by Crippen LogP contribution is -2.35. The molecule has 276 valence electrons. The molecule has 3 aromatic carbocycles. The highest BCUT2D eigenvalue weighted by molar-refractivity contribution is 6.35. The van der Waals surface area contributed by atoms with Crippen molar-refractivity contribution >= 4 is 75.0 Å². The summed E-state index contributed by atoms with van der Waals surface area (Å²) in [6.45, 7) is 10.9. The fourth-order valence-corrected chi connectivity index (χ4v) is 6.26. The maximum absolute atomic E-state index is 13.1. The van der Waals surface area contributed by atoms with E-state index in [0.29, 0.717) is 73.8 Å². The van der Waals surface area contributed by atoms with Crippen LogP contribution >= 0.6 is 0 Å². The van der Waals surface area contributed by atoms with Crippen molar-refractivity contribution in [3.63, 3.8) is 0 Å². The summed E-state index contributed by atoms with van der Waals surface area (Å²) in [6.07, 6.45) is 5.41. The van der Waals surface area contributed by atoms with Crippen molar-refractivity contribution in [1.29, 1.82) is 0 Å². The first-order valence-corrected chi connectivity index (χ1v) is 17.6. The molecule has 0 fully saturated rings. The fraction of sp³-hybridized carbons (Fsp3) is 0.200. The summed E-state index contributed by atoms with van der Waals surface area (Å²) < 4.78 is 1.13. The number of carbonyl (C=O) groups excluding carboxylic acids is 5. The van der Waals surface area contributed by atoms with Crippen LogP contribution in [0.5, 0.6) is 0 Å². The highest BCUT2D eigenvalue weighted by Gasteiger charge is 2.26. The number of anilines is 4. The molecule has 5 amide bonds. The van der Waals surface area contributed by atoms with Crippen molar-refractivity contribution in [3.8, 4) is 0 Å². The van der Waals surface area contributed by atoms with Gasteiger partial charge in [-0.1, -0.05) is 32.0 Å². The fourth-order valence-electron chi connectivity index (χ4n) is 6.26. The van der Waals surface area contributed by atoms with Crippen molar-refractivity contribution in [2.45, 2.75) is 27.7 Å². The normalized spacial score (nSPS) is 13.0. The molecule has 6 rings (SSSR count).